The van der Waals surface area contributed by atoms with Gasteiger partial charge in [0, 0.05) is 11.8 Å². The SMILES string of the molecule is CC1=CC([O-])=NS(=O)(=O)O1.CC1=CC([O-])=NS(=O)(=O)O1.[Mn+2]. The van der Waals surface area contributed by atoms with E-state index in [1.165, 1.54) is 13.8 Å². The van der Waals surface area contributed by atoms with Crippen LogP contribution in [0.4, 0.5) is 0 Å². The van der Waals surface area contributed by atoms with Gasteiger partial charge in [-0.2, -0.15) is 16.8 Å². The van der Waals surface area contributed by atoms with E-state index in [0.717, 1.165) is 12.2 Å². The summed E-state index contributed by atoms with van der Waals surface area (Å²) in [6, 6.07) is 0. The van der Waals surface area contributed by atoms with Crippen molar-refractivity contribution in [3.05, 3.63) is 23.7 Å². The fraction of sp³-hybridized carbons (Fsp3) is 0.250. The Morgan fingerprint density at radius 3 is 1.33 bits per heavy atom. The summed E-state index contributed by atoms with van der Waals surface area (Å²) in [5.41, 5.74) is 0. The number of nitrogens with zero attached hydrogens (tertiary/aromatic N) is 2. The van der Waals surface area contributed by atoms with E-state index in [9.17, 15) is 27.0 Å². The molecule has 0 N–H and O–H groups in total. The van der Waals surface area contributed by atoms with Crippen LogP contribution < -0.4 is 10.2 Å². The molecule has 0 fully saturated rings. The molecule has 2 aliphatic rings. The molecule has 0 spiro atoms. The van der Waals surface area contributed by atoms with Gasteiger partial charge in [-0.3, -0.25) is 0 Å². The Morgan fingerprint density at radius 1 is 0.857 bits per heavy atom. The maximum absolute atomic E-state index is 10.4. The standard InChI is InChI=1S/2C4H5NO4S.Mn/c2*1-3-2-4(6)5-10(7,8)9-3;/h2*2H,1H3,(H,5,6);/q;;+2/p-2. The number of allylic oxidation sites excluding steroid dienone is 2. The van der Waals surface area contributed by atoms with E-state index in [0.29, 0.717) is 0 Å². The van der Waals surface area contributed by atoms with Crippen molar-refractivity contribution in [2.24, 2.45) is 8.80 Å². The molecule has 2 aliphatic heterocycles. The molecule has 0 aromatic rings. The first-order valence-corrected chi connectivity index (χ1v) is 7.51. The minimum Gasteiger partial charge on any atom is -0.858 e. The van der Waals surface area contributed by atoms with Crippen molar-refractivity contribution in [3.8, 4) is 0 Å². The summed E-state index contributed by atoms with van der Waals surface area (Å²) in [4.78, 5) is 0. The van der Waals surface area contributed by atoms with Gasteiger partial charge in [0.05, 0.1) is 0 Å². The van der Waals surface area contributed by atoms with Crippen molar-refractivity contribution in [2.45, 2.75) is 13.8 Å². The van der Waals surface area contributed by atoms with Crippen LogP contribution in [0, 0.1) is 0 Å². The Morgan fingerprint density at radius 2 is 1.14 bits per heavy atom. The minimum absolute atomic E-state index is 0. The number of rotatable bonds is 0. The number of hydrogen-bond donors (Lipinski definition) is 0. The first-order valence-electron chi connectivity index (χ1n) is 4.78. The summed E-state index contributed by atoms with van der Waals surface area (Å²) in [6.45, 7) is 2.73. The molecule has 0 saturated carbocycles. The van der Waals surface area contributed by atoms with Gasteiger partial charge in [-0.05, 0) is 26.0 Å². The van der Waals surface area contributed by atoms with E-state index in [-0.39, 0.29) is 28.6 Å². The van der Waals surface area contributed by atoms with Crippen LogP contribution in [0.25, 0.3) is 0 Å². The summed E-state index contributed by atoms with van der Waals surface area (Å²) in [5, 5.41) is 20.8. The minimum atomic E-state index is -3.97. The molecule has 0 aromatic carbocycles. The van der Waals surface area contributed by atoms with Crippen LogP contribution in [0.2, 0.25) is 0 Å². The third-order valence-electron chi connectivity index (χ3n) is 1.53. The van der Waals surface area contributed by atoms with Crippen molar-refractivity contribution in [1.82, 2.24) is 0 Å². The molecular formula is C8H8MnN2O8S2. The topological polar surface area (TPSA) is 158 Å². The van der Waals surface area contributed by atoms with E-state index in [1.807, 2.05) is 0 Å². The van der Waals surface area contributed by atoms with Crippen LogP contribution in [0.1, 0.15) is 13.8 Å². The van der Waals surface area contributed by atoms with Crippen LogP contribution in [-0.2, 0) is 46.0 Å². The van der Waals surface area contributed by atoms with E-state index in [2.05, 4.69) is 17.2 Å². The maximum atomic E-state index is 10.4. The average molecular weight is 379 g/mol. The van der Waals surface area contributed by atoms with Crippen molar-refractivity contribution in [1.29, 1.82) is 0 Å². The zero-order chi connectivity index (χ0) is 15.6. The summed E-state index contributed by atoms with van der Waals surface area (Å²) in [6.07, 6.45) is 2.00. The molecule has 10 nitrogen and oxygen atoms in total. The Balaban J connectivity index is 0.000000364. The molecular weight excluding hydrogens is 371 g/mol. The molecule has 0 atom stereocenters. The molecule has 0 bridgehead atoms. The zero-order valence-corrected chi connectivity index (χ0v) is 13.3. The second-order valence-electron chi connectivity index (χ2n) is 3.39. The fourth-order valence-corrected chi connectivity index (χ4v) is 2.42. The maximum Gasteiger partial charge on any atom is 2.00 e. The Kier molecular flexibility index (Phi) is 6.42. The molecule has 1 radical (unpaired) electrons. The second-order valence-corrected chi connectivity index (χ2v) is 5.80. The van der Waals surface area contributed by atoms with Crippen LogP contribution in [-0.4, -0.2) is 28.6 Å². The van der Waals surface area contributed by atoms with Crippen molar-refractivity contribution in [3.63, 3.8) is 0 Å². The van der Waals surface area contributed by atoms with E-state index in [4.69, 9.17) is 0 Å². The Labute approximate surface area is 131 Å². The second kappa shape index (κ2) is 6.93. The molecule has 2 rings (SSSR count). The molecule has 21 heavy (non-hydrogen) atoms. The van der Waals surface area contributed by atoms with Gasteiger partial charge >= 0.3 is 37.7 Å². The smallest absolute Gasteiger partial charge is 0.858 e. The molecule has 13 heteroatoms. The molecule has 117 valence electrons. The van der Waals surface area contributed by atoms with Crippen molar-refractivity contribution >= 4 is 32.4 Å². The van der Waals surface area contributed by atoms with Crippen LogP contribution in [0.3, 0.4) is 0 Å². The summed E-state index contributed by atoms with van der Waals surface area (Å²) < 4.78 is 55.5. The van der Waals surface area contributed by atoms with Gasteiger partial charge in [0.2, 0.25) is 0 Å². The average Bonchev–Trinajstić information content (AvgIpc) is 2.08. The fourth-order valence-electron chi connectivity index (χ4n) is 1.04. The third kappa shape index (κ3) is 7.13. The van der Waals surface area contributed by atoms with Crippen LogP contribution in [0.15, 0.2) is 32.5 Å². The van der Waals surface area contributed by atoms with Gasteiger partial charge in [0.15, 0.2) is 0 Å². The molecule has 0 amide bonds. The molecule has 0 aliphatic carbocycles. The zero-order valence-electron chi connectivity index (χ0n) is 10.5. The van der Waals surface area contributed by atoms with Gasteiger partial charge in [-0.1, -0.05) is 0 Å². The first-order chi connectivity index (χ1) is 8.99. The quantitative estimate of drug-likeness (QED) is 0.431. The van der Waals surface area contributed by atoms with E-state index < -0.39 is 32.4 Å². The predicted molar refractivity (Wildman–Crippen MR) is 62.4 cm³/mol. The first kappa shape index (κ1) is 19.4. The Bertz CT molecular complexity index is 668. The predicted octanol–water partition coefficient (Wildman–Crippen LogP) is -2.15. The summed E-state index contributed by atoms with van der Waals surface area (Å²) in [5.74, 6) is -1.52. The molecule has 2 heterocycles. The monoisotopic (exact) mass is 379 g/mol. The van der Waals surface area contributed by atoms with Gasteiger partial charge in [0.25, 0.3) is 0 Å². The van der Waals surface area contributed by atoms with Gasteiger partial charge in [-0.25, -0.2) is 0 Å². The largest absolute Gasteiger partial charge is 2.00 e. The van der Waals surface area contributed by atoms with Gasteiger partial charge in [-0.15, -0.1) is 8.80 Å². The molecule has 0 saturated heterocycles. The van der Waals surface area contributed by atoms with Crippen LogP contribution >= 0.6 is 0 Å². The molecule has 0 unspecified atom stereocenters. The summed E-state index contributed by atoms with van der Waals surface area (Å²) in [7, 11) is -7.95. The van der Waals surface area contributed by atoms with Crippen LogP contribution in [0.5, 0.6) is 0 Å². The van der Waals surface area contributed by atoms with Gasteiger partial charge in [0.1, 0.15) is 11.5 Å². The molecule has 0 aromatic heterocycles. The van der Waals surface area contributed by atoms with E-state index >= 15 is 0 Å². The summed E-state index contributed by atoms with van der Waals surface area (Å²) >= 11 is 0. The van der Waals surface area contributed by atoms with Crippen molar-refractivity contribution in [2.75, 3.05) is 0 Å². The normalized spacial score (nSPS) is 21.4. The van der Waals surface area contributed by atoms with E-state index in [1.54, 1.807) is 0 Å². The van der Waals surface area contributed by atoms with Gasteiger partial charge < -0.3 is 18.6 Å². The van der Waals surface area contributed by atoms with Crippen molar-refractivity contribution < 1.29 is 52.5 Å². The third-order valence-corrected chi connectivity index (χ3v) is 3.28. The Hall–Kier alpha value is -1.56. The number of hydrogen-bond acceptors (Lipinski definition) is 8.